The molecule has 104 valence electrons. The van der Waals surface area contributed by atoms with Gasteiger partial charge in [-0.25, -0.2) is 9.97 Å². The van der Waals surface area contributed by atoms with E-state index in [2.05, 4.69) is 48.9 Å². The van der Waals surface area contributed by atoms with Crippen LogP contribution in [0.3, 0.4) is 0 Å². The van der Waals surface area contributed by atoms with E-state index in [-0.39, 0.29) is 5.41 Å². The minimum atomic E-state index is 0.0258. The second kappa shape index (κ2) is 4.82. The van der Waals surface area contributed by atoms with Gasteiger partial charge in [-0.1, -0.05) is 26.8 Å². The smallest absolute Gasteiger partial charge is 0.180 e. The molecule has 0 saturated heterocycles. The van der Waals surface area contributed by atoms with E-state index in [4.69, 9.17) is 5.73 Å². The van der Waals surface area contributed by atoms with Crippen molar-refractivity contribution in [1.29, 1.82) is 0 Å². The van der Waals surface area contributed by atoms with Gasteiger partial charge in [-0.05, 0) is 17.7 Å². The average molecular weight is 303 g/mol. The van der Waals surface area contributed by atoms with E-state index in [1.165, 1.54) is 15.1 Å². The fourth-order valence-corrected chi connectivity index (χ4v) is 4.09. The Kier molecular flexibility index (Phi) is 3.26. The van der Waals surface area contributed by atoms with E-state index in [9.17, 15) is 0 Å². The molecule has 0 aliphatic rings. The topological polar surface area (TPSA) is 51.8 Å². The molecule has 3 nitrogen and oxygen atoms in total. The molecule has 2 aromatic heterocycles. The molecule has 0 aliphatic carbocycles. The van der Waals surface area contributed by atoms with E-state index < -0.39 is 0 Å². The number of fused-ring (bicyclic) bond motifs is 1. The summed E-state index contributed by atoms with van der Waals surface area (Å²) in [7, 11) is 0. The van der Waals surface area contributed by atoms with Crippen LogP contribution in [0.25, 0.3) is 10.2 Å². The molecule has 0 radical (unpaired) electrons. The number of thiazole rings is 2. The minimum absolute atomic E-state index is 0.0258. The largest absolute Gasteiger partial charge is 0.375 e. The zero-order valence-electron chi connectivity index (χ0n) is 11.8. The Bertz CT molecular complexity index is 750. The molecule has 3 rings (SSSR count). The van der Waals surface area contributed by atoms with Crippen molar-refractivity contribution < 1.29 is 0 Å². The van der Waals surface area contributed by atoms with Crippen LogP contribution >= 0.6 is 22.7 Å². The zero-order chi connectivity index (χ0) is 14.3. The van der Waals surface area contributed by atoms with E-state index in [1.807, 2.05) is 5.51 Å². The highest BCUT2D eigenvalue weighted by Gasteiger charge is 2.22. The molecule has 0 amide bonds. The number of nitrogens with two attached hydrogens (primary N) is 1. The van der Waals surface area contributed by atoms with Gasteiger partial charge in [0.05, 0.1) is 21.4 Å². The van der Waals surface area contributed by atoms with Gasteiger partial charge < -0.3 is 5.73 Å². The molecule has 0 saturated carbocycles. The molecule has 0 aliphatic heterocycles. The van der Waals surface area contributed by atoms with Gasteiger partial charge in [0, 0.05) is 16.7 Å². The predicted octanol–water partition coefficient (Wildman–Crippen LogP) is 4.22. The first-order valence-corrected chi connectivity index (χ1v) is 8.21. The first-order valence-electron chi connectivity index (χ1n) is 6.51. The van der Waals surface area contributed by atoms with Crippen molar-refractivity contribution in [3.05, 3.63) is 39.8 Å². The van der Waals surface area contributed by atoms with Gasteiger partial charge in [0.15, 0.2) is 5.13 Å². The molecule has 0 atom stereocenters. The second-order valence-electron chi connectivity index (χ2n) is 5.91. The van der Waals surface area contributed by atoms with Gasteiger partial charge in [0.25, 0.3) is 0 Å². The lowest BCUT2D eigenvalue weighted by molar-refractivity contribution is 0.568. The van der Waals surface area contributed by atoms with E-state index in [0.717, 1.165) is 17.6 Å². The standard InChI is InChI=1S/C15H17N3S2/c1-15(2,3)13-12(20-14(16)18-13)7-9-4-5-10-11(6-9)19-8-17-10/h4-6,8H,7H2,1-3H3,(H2,16,18). The Morgan fingerprint density at radius 2 is 2.05 bits per heavy atom. The number of anilines is 1. The molecule has 0 fully saturated rings. The monoisotopic (exact) mass is 303 g/mol. The van der Waals surface area contributed by atoms with E-state index in [0.29, 0.717) is 5.13 Å². The SMILES string of the molecule is CC(C)(C)c1nc(N)sc1Cc1ccc2ncsc2c1. The summed E-state index contributed by atoms with van der Waals surface area (Å²) in [5.41, 5.74) is 11.3. The lowest BCUT2D eigenvalue weighted by Crippen LogP contribution is -2.14. The summed E-state index contributed by atoms with van der Waals surface area (Å²) in [6, 6.07) is 6.45. The Hall–Kier alpha value is -1.46. The Balaban J connectivity index is 1.98. The molecule has 2 N–H and O–H groups in total. The summed E-state index contributed by atoms with van der Waals surface area (Å²) in [5, 5.41) is 0.656. The number of nitrogens with zero attached hydrogens (tertiary/aromatic N) is 2. The molecular formula is C15H17N3S2. The number of nitrogen functional groups attached to an aromatic ring is 1. The number of hydrogen-bond acceptors (Lipinski definition) is 5. The van der Waals surface area contributed by atoms with Gasteiger partial charge in [-0.3, -0.25) is 0 Å². The number of aromatic nitrogens is 2. The summed E-state index contributed by atoms with van der Waals surface area (Å²) in [5.74, 6) is 0. The van der Waals surface area contributed by atoms with Crippen LogP contribution in [0.1, 0.15) is 36.9 Å². The van der Waals surface area contributed by atoms with Crippen molar-refractivity contribution in [3.63, 3.8) is 0 Å². The molecule has 0 spiro atoms. The van der Waals surface area contributed by atoms with Crippen LogP contribution in [0, 0.1) is 0 Å². The summed E-state index contributed by atoms with van der Waals surface area (Å²) in [6.45, 7) is 6.53. The zero-order valence-corrected chi connectivity index (χ0v) is 13.4. The first-order chi connectivity index (χ1) is 9.43. The summed E-state index contributed by atoms with van der Waals surface area (Å²) >= 11 is 3.28. The van der Waals surface area contributed by atoms with Crippen LogP contribution in [0.4, 0.5) is 5.13 Å². The highest BCUT2D eigenvalue weighted by atomic mass is 32.1. The molecule has 20 heavy (non-hydrogen) atoms. The lowest BCUT2D eigenvalue weighted by atomic mass is 9.90. The van der Waals surface area contributed by atoms with Crippen molar-refractivity contribution >= 4 is 38.0 Å². The molecule has 3 aromatic rings. The fourth-order valence-electron chi connectivity index (χ4n) is 2.27. The van der Waals surface area contributed by atoms with Crippen LogP contribution in [0.15, 0.2) is 23.7 Å². The highest BCUT2D eigenvalue weighted by Crippen LogP contribution is 2.33. The minimum Gasteiger partial charge on any atom is -0.375 e. The van der Waals surface area contributed by atoms with Crippen molar-refractivity contribution in [2.24, 2.45) is 0 Å². The first kappa shape index (κ1) is 13.5. The average Bonchev–Trinajstić information content (AvgIpc) is 2.94. The van der Waals surface area contributed by atoms with Crippen molar-refractivity contribution in [2.45, 2.75) is 32.6 Å². The van der Waals surface area contributed by atoms with Crippen molar-refractivity contribution in [2.75, 3.05) is 5.73 Å². The summed E-state index contributed by atoms with van der Waals surface area (Å²) < 4.78 is 1.23. The Morgan fingerprint density at radius 1 is 1.25 bits per heavy atom. The Morgan fingerprint density at radius 3 is 2.80 bits per heavy atom. The number of benzene rings is 1. The van der Waals surface area contributed by atoms with E-state index in [1.54, 1.807) is 22.7 Å². The second-order valence-corrected chi connectivity index (χ2v) is 7.91. The molecule has 1 aromatic carbocycles. The predicted molar refractivity (Wildman–Crippen MR) is 87.7 cm³/mol. The van der Waals surface area contributed by atoms with Gasteiger partial charge in [0.1, 0.15) is 0 Å². The van der Waals surface area contributed by atoms with Crippen LogP contribution in [-0.4, -0.2) is 9.97 Å². The van der Waals surface area contributed by atoms with Gasteiger partial charge >= 0.3 is 0 Å². The van der Waals surface area contributed by atoms with Gasteiger partial charge in [-0.15, -0.1) is 22.7 Å². The Labute approximate surface area is 126 Å². The highest BCUT2D eigenvalue weighted by molar-refractivity contribution is 7.16. The fraction of sp³-hybridized carbons (Fsp3) is 0.333. The van der Waals surface area contributed by atoms with Gasteiger partial charge in [0.2, 0.25) is 0 Å². The number of rotatable bonds is 2. The van der Waals surface area contributed by atoms with Crippen molar-refractivity contribution in [3.8, 4) is 0 Å². The van der Waals surface area contributed by atoms with Crippen molar-refractivity contribution in [1.82, 2.24) is 9.97 Å². The summed E-state index contributed by atoms with van der Waals surface area (Å²) in [6.07, 6.45) is 0.884. The van der Waals surface area contributed by atoms with Gasteiger partial charge in [-0.2, -0.15) is 0 Å². The van der Waals surface area contributed by atoms with Crippen LogP contribution < -0.4 is 5.73 Å². The maximum atomic E-state index is 5.90. The van der Waals surface area contributed by atoms with E-state index >= 15 is 0 Å². The quantitative estimate of drug-likeness (QED) is 0.771. The molecule has 5 heteroatoms. The maximum Gasteiger partial charge on any atom is 0.180 e. The van der Waals surface area contributed by atoms with Crippen LogP contribution in [-0.2, 0) is 11.8 Å². The normalized spacial score (nSPS) is 12.2. The summed E-state index contributed by atoms with van der Waals surface area (Å²) in [4.78, 5) is 10.1. The molecule has 0 unspecified atom stereocenters. The molecule has 2 heterocycles. The molecule has 0 bridgehead atoms. The maximum absolute atomic E-state index is 5.90. The third kappa shape index (κ3) is 2.55. The van der Waals surface area contributed by atoms with Crippen LogP contribution in [0.5, 0.6) is 0 Å². The third-order valence-corrected chi connectivity index (χ3v) is 4.86. The molecular weight excluding hydrogens is 286 g/mol. The lowest BCUT2D eigenvalue weighted by Gasteiger charge is -2.17. The number of hydrogen-bond donors (Lipinski definition) is 1. The third-order valence-electron chi connectivity index (χ3n) is 3.18. The van der Waals surface area contributed by atoms with Crippen LogP contribution in [0.2, 0.25) is 0 Å².